The van der Waals surface area contributed by atoms with E-state index in [2.05, 4.69) is 280 Å². The van der Waals surface area contributed by atoms with Crippen molar-refractivity contribution in [2.45, 2.75) is 38.5 Å². The first-order valence-electron chi connectivity index (χ1n) is 25.3. The summed E-state index contributed by atoms with van der Waals surface area (Å²) in [6.07, 6.45) is 0. The van der Waals surface area contributed by atoms with E-state index in [-0.39, 0.29) is 10.8 Å². The smallest absolute Gasteiger partial charge is 0.0540 e. The third kappa shape index (κ3) is 6.22. The Bertz CT molecular complexity index is 3810. The number of hydrogen-bond acceptors (Lipinski definition) is 2. The average Bonchev–Trinajstić information content (AvgIpc) is 3.44. The SMILES string of the molecule is CC1(C)c2cc(N(c3ccccc3)c3ccccc3-c3ccccc3)ccc2-c2cc3ccc4c5c(cc6ccc1c2c6c35)-c1ccc(N(c2ccccc2)c2ccccc2-c2ccccc2)cc1C4(C)C. The van der Waals surface area contributed by atoms with Crippen LogP contribution in [-0.2, 0) is 10.8 Å². The molecule has 0 aliphatic heterocycles. The highest BCUT2D eigenvalue weighted by Crippen LogP contribution is 2.58. The Hall–Kier alpha value is -8.72. The molecule has 342 valence electrons. The molecular weight excluding hydrogens is 869 g/mol. The first kappa shape index (κ1) is 42.2. The Morgan fingerprint density at radius 1 is 0.250 bits per heavy atom. The molecule has 0 aromatic heterocycles. The molecule has 0 saturated carbocycles. The van der Waals surface area contributed by atoms with Crippen LogP contribution in [0.25, 0.3) is 76.8 Å². The molecular formula is C70H52N2. The number of anilines is 6. The molecule has 2 aliphatic rings. The molecule has 12 aromatic rings. The minimum absolute atomic E-state index is 0.281. The van der Waals surface area contributed by atoms with E-state index in [1.807, 2.05) is 0 Å². The second-order valence-corrected chi connectivity index (χ2v) is 20.8. The Morgan fingerprint density at radius 2 is 0.611 bits per heavy atom. The van der Waals surface area contributed by atoms with Crippen LogP contribution >= 0.6 is 0 Å². The normalized spacial score (nSPS) is 13.8. The van der Waals surface area contributed by atoms with Gasteiger partial charge in [0.15, 0.2) is 0 Å². The van der Waals surface area contributed by atoms with Crippen molar-refractivity contribution in [2.24, 2.45) is 0 Å². The summed E-state index contributed by atoms with van der Waals surface area (Å²) in [4.78, 5) is 4.88. The maximum Gasteiger partial charge on any atom is 0.0540 e. The van der Waals surface area contributed by atoms with Gasteiger partial charge in [0.2, 0.25) is 0 Å². The summed E-state index contributed by atoms with van der Waals surface area (Å²) in [5, 5.41) is 8.13. The molecule has 0 unspecified atom stereocenters. The lowest BCUT2D eigenvalue weighted by Gasteiger charge is -2.39. The summed E-state index contributed by atoms with van der Waals surface area (Å²) in [6, 6.07) is 90.0. The average molecular weight is 921 g/mol. The fraction of sp³-hybridized carbons (Fsp3) is 0.0857. The van der Waals surface area contributed by atoms with E-state index >= 15 is 0 Å². The topological polar surface area (TPSA) is 6.48 Å². The van der Waals surface area contributed by atoms with E-state index in [4.69, 9.17) is 0 Å². The molecule has 2 nitrogen and oxygen atoms in total. The maximum absolute atomic E-state index is 2.51. The molecule has 0 radical (unpaired) electrons. The third-order valence-electron chi connectivity index (χ3n) is 16.1. The zero-order valence-corrected chi connectivity index (χ0v) is 41.0. The number of hydrogen-bond donors (Lipinski definition) is 0. The van der Waals surface area contributed by atoms with Crippen molar-refractivity contribution in [3.05, 3.63) is 265 Å². The lowest BCUT2D eigenvalue weighted by Crippen LogP contribution is -2.25. The molecule has 72 heavy (non-hydrogen) atoms. The fourth-order valence-corrected chi connectivity index (χ4v) is 12.7. The zero-order valence-electron chi connectivity index (χ0n) is 41.0. The Balaban J connectivity index is 0.944. The number of para-hydroxylation sites is 4. The van der Waals surface area contributed by atoms with Crippen molar-refractivity contribution in [3.63, 3.8) is 0 Å². The largest absolute Gasteiger partial charge is 0.310 e. The highest BCUT2D eigenvalue weighted by molar-refractivity contribution is 6.31. The second-order valence-electron chi connectivity index (χ2n) is 20.8. The summed E-state index contributed by atoms with van der Waals surface area (Å²) in [6.45, 7) is 9.74. The van der Waals surface area contributed by atoms with Crippen molar-refractivity contribution in [2.75, 3.05) is 9.80 Å². The van der Waals surface area contributed by atoms with Crippen molar-refractivity contribution in [1.82, 2.24) is 0 Å². The van der Waals surface area contributed by atoms with Crippen LogP contribution in [0.4, 0.5) is 34.1 Å². The van der Waals surface area contributed by atoms with Crippen LogP contribution < -0.4 is 9.80 Å². The maximum atomic E-state index is 2.51. The molecule has 14 rings (SSSR count). The highest BCUT2D eigenvalue weighted by atomic mass is 15.2. The highest BCUT2D eigenvalue weighted by Gasteiger charge is 2.39. The van der Waals surface area contributed by atoms with Crippen LogP contribution in [0.1, 0.15) is 49.9 Å². The molecule has 0 saturated heterocycles. The molecule has 0 amide bonds. The lowest BCUT2D eigenvalue weighted by molar-refractivity contribution is 0.644. The van der Waals surface area contributed by atoms with Crippen LogP contribution in [-0.4, -0.2) is 0 Å². The van der Waals surface area contributed by atoms with Gasteiger partial charge in [-0.15, -0.1) is 0 Å². The van der Waals surface area contributed by atoms with Crippen LogP contribution in [0.2, 0.25) is 0 Å². The van der Waals surface area contributed by atoms with Gasteiger partial charge in [-0.1, -0.05) is 198 Å². The molecule has 0 bridgehead atoms. The molecule has 0 spiro atoms. The van der Waals surface area contributed by atoms with Gasteiger partial charge in [-0.05, 0) is 161 Å². The van der Waals surface area contributed by atoms with Crippen LogP contribution in [0, 0.1) is 0 Å². The van der Waals surface area contributed by atoms with Crippen molar-refractivity contribution in [3.8, 4) is 44.5 Å². The first-order valence-corrected chi connectivity index (χ1v) is 25.3. The predicted molar refractivity (Wildman–Crippen MR) is 306 cm³/mol. The van der Waals surface area contributed by atoms with Gasteiger partial charge in [0.1, 0.15) is 0 Å². The minimum Gasteiger partial charge on any atom is -0.310 e. The van der Waals surface area contributed by atoms with Crippen molar-refractivity contribution in [1.29, 1.82) is 0 Å². The standard InChI is InChI=1S/C70H52N2/c1-69(2)59-39-33-47-42-58-56-38-36-52(72(50-27-15-8-16-28-50)64-32-20-18-30-54(64)46-23-11-6-12-24-46)44-62(56)70(3,4)60-40-34-48-41-57(67(59)65(47)66(48)68(58)60)55-37-35-51(43-61(55)69)71(49-25-13-7-14-26-49)63-31-19-17-29-53(63)45-21-9-5-10-22-45/h5-44H,1-4H3. The number of nitrogens with zero attached hydrogens (tertiary/aromatic N) is 2. The summed E-state index contributed by atoms with van der Waals surface area (Å²) in [7, 11) is 0. The molecule has 0 N–H and O–H groups in total. The summed E-state index contributed by atoms with van der Waals surface area (Å²) >= 11 is 0. The predicted octanol–water partition coefficient (Wildman–Crippen LogP) is 19.5. The molecule has 0 heterocycles. The number of fused-ring (bicyclic) bond motifs is 4. The molecule has 0 atom stereocenters. The monoisotopic (exact) mass is 920 g/mol. The Morgan fingerprint density at radius 3 is 1.01 bits per heavy atom. The minimum atomic E-state index is -0.281. The van der Waals surface area contributed by atoms with E-state index in [9.17, 15) is 0 Å². The van der Waals surface area contributed by atoms with Gasteiger partial charge in [0.25, 0.3) is 0 Å². The molecule has 12 aromatic carbocycles. The van der Waals surface area contributed by atoms with Gasteiger partial charge < -0.3 is 9.80 Å². The van der Waals surface area contributed by atoms with Gasteiger partial charge in [-0.3, -0.25) is 0 Å². The van der Waals surface area contributed by atoms with Gasteiger partial charge in [-0.25, -0.2) is 0 Å². The van der Waals surface area contributed by atoms with E-state index in [0.717, 1.165) is 34.1 Å². The molecule has 2 heteroatoms. The quantitative estimate of drug-likeness (QED) is 0.140. The lowest BCUT2D eigenvalue weighted by atomic mass is 9.65. The molecule has 0 fully saturated rings. The number of benzene rings is 12. The van der Waals surface area contributed by atoms with Crippen LogP contribution in [0.15, 0.2) is 243 Å². The van der Waals surface area contributed by atoms with E-state index < -0.39 is 0 Å². The van der Waals surface area contributed by atoms with Crippen LogP contribution in [0.3, 0.4) is 0 Å². The molecule has 2 aliphatic carbocycles. The van der Waals surface area contributed by atoms with E-state index in [1.54, 1.807) is 0 Å². The summed E-state index contributed by atoms with van der Waals surface area (Å²) < 4.78 is 0. The summed E-state index contributed by atoms with van der Waals surface area (Å²) in [5.41, 5.74) is 21.8. The van der Waals surface area contributed by atoms with E-state index in [1.165, 1.54) is 99.1 Å². The zero-order chi connectivity index (χ0) is 48.3. The van der Waals surface area contributed by atoms with Crippen molar-refractivity contribution >= 4 is 66.4 Å². The Kier molecular flexibility index (Phi) is 9.32. The van der Waals surface area contributed by atoms with Gasteiger partial charge in [0.05, 0.1) is 11.4 Å². The van der Waals surface area contributed by atoms with Crippen LogP contribution in [0.5, 0.6) is 0 Å². The van der Waals surface area contributed by atoms with E-state index in [0.29, 0.717) is 0 Å². The second kappa shape index (κ2) is 15.9. The number of rotatable bonds is 8. The fourth-order valence-electron chi connectivity index (χ4n) is 12.7. The summed E-state index contributed by atoms with van der Waals surface area (Å²) in [5.74, 6) is 0. The first-order chi connectivity index (χ1) is 35.3. The van der Waals surface area contributed by atoms with Gasteiger partial charge >= 0.3 is 0 Å². The van der Waals surface area contributed by atoms with Gasteiger partial charge in [-0.2, -0.15) is 0 Å². The van der Waals surface area contributed by atoms with Crippen molar-refractivity contribution < 1.29 is 0 Å². The van der Waals surface area contributed by atoms with Gasteiger partial charge in [0, 0.05) is 44.7 Å². The third-order valence-corrected chi connectivity index (χ3v) is 16.1. The Labute approximate surface area is 422 Å².